The largest absolute Gasteiger partial charge is 0.347 e. The molecular weight excluding hydrogens is 292 g/mol. The van der Waals surface area contributed by atoms with Gasteiger partial charge in [0.25, 0.3) is 5.91 Å². The van der Waals surface area contributed by atoms with E-state index in [0.29, 0.717) is 23.6 Å². The van der Waals surface area contributed by atoms with Crippen molar-refractivity contribution in [1.29, 1.82) is 0 Å². The molecule has 3 fully saturated rings. The third-order valence-electron chi connectivity index (χ3n) is 5.95. The molecule has 4 rings (SSSR count). The number of aromatic nitrogens is 3. The molecular formula is C17H24N4O2. The van der Waals surface area contributed by atoms with Crippen LogP contribution in [0.2, 0.25) is 0 Å². The highest BCUT2D eigenvalue weighted by Crippen LogP contribution is 2.65. The Morgan fingerprint density at radius 2 is 1.91 bits per heavy atom. The Kier molecular flexibility index (Phi) is 3.15. The summed E-state index contributed by atoms with van der Waals surface area (Å²) in [7, 11) is 0. The lowest BCUT2D eigenvalue weighted by Crippen LogP contribution is -2.30. The molecule has 6 nitrogen and oxygen atoms in total. The van der Waals surface area contributed by atoms with Gasteiger partial charge in [-0.15, -0.1) is 5.10 Å². The summed E-state index contributed by atoms with van der Waals surface area (Å²) < 4.78 is 1.46. The van der Waals surface area contributed by atoms with Crippen LogP contribution in [0.1, 0.15) is 50.5 Å². The highest BCUT2D eigenvalue weighted by molar-refractivity contribution is 5.92. The van der Waals surface area contributed by atoms with Crippen molar-refractivity contribution in [2.45, 2.75) is 52.6 Å². The van der Waals surface area contributed by atoms with Gasteiger partial charge in [0, 0.05) is 11.5 Å². The Morgan fingerprint density at radius 1 is 1.26 bits per heavy atom. The molecule has 0 saturated heterocycles. The third-order valence-corrected chi connectivity index (χ3v) is 5.95. The second-order valence-corrected chi connectivity index (χ2v) is 8.46. The maximum absolute atomic E-state index is 12.3. The Morgan fingerprint density at radius 3 is 2.52 bits per heavy atom. The summed E-state index contributed by atoms with van der Waals surface area (Å²) in [4.78, 5) is 24.4. The summed E-state index contributed by atoms with van der Waals surface area (Å²) in [6.45, 7) is 5.78. The Hall–Kier alpha value is -1.72. The van der Waals surface area contributed by atoms with E-state index in [0.717, 1.165) is 11.8 Å². The lowest BCUT2D eigenvalue weighted by Gasteiger charge is -2.15. The summed E-state index contributed by atoms with van der Waals surface area (Å²) in [6, 6.07) is 0.343. The zero-order valence-corrected chi connectivity index (χ0v) is 14.0. The van der Waals surface area contributed by atoms with E-state index in [1.165, 1.54) is 23.9 Å². The van der Waals surface area contributed by atoms with Crippen LogP contribution in [0.15, 0.2) is 6.20 Å². The molecule has 0 aromatic carbocycles. The second-order valence-electron chi connectivity index (χ2n) is 8.46. The van der Waals surface area contributed by atoms with Gasteiger partial charge in [0.05, 0.1) is 6.20 Å². The molecule has 1 N–H and O–H groups in total. The van der Waals surface area contributed by atoms with E-state index in [-0.39, 0.29) is 18.2 Å². The molecule has 3 aliphatic carbocycles. The highest BCUT2D eigenvalue weighted by Gasteiger charge is 2.65. The SMILES string of the molecule is CC(C)(C)C(=O)Cn1cc(C(=O)NC2[C@@H]3[C@H]4CC[C@@H](C4)[C@@H]23)nn1. The van der Waals surface area contributed by atoms with E-state index in [2.05, 4.69) is 15.6 Å². The first-order valence-electron chi connectivity index (χ1n) is 8.59. The summed E-state index contributed by atoms with van der Waals surface area (Å²) in [5, 5.41) is 11.0. The van der Waals surface area contributed by atoms with Gasteiger partial charge in [-0.25, -0.2) is 4.68 Å². The third kappa shape index (κ3) is 2.48. The number of Topliss-reactive ketones (excluding diaryl/α,β-unsaturated/α-hetero) is 1. The van der Waals surface area contributed by atoms with Crippen LogP contribution in [0.25, 0.3) is 0 Å². The highest BCUT2D eigenvalue weighted by atomic mass is 16.2. The lowest BCUT2D eigenvalue weighted by molar-refractivity contribution is -0.127. The van der Waals surface area contributed by atoms with Crippen LogP contribution in [0.5, 0.6) is 0 Å². The Balaban J connectivity index is 1.36. The minimum Gasteiger partial charge on any atom is -0.347 e. The van der Waals surface area contributed by atoms with E-state index in [9.17, 15) is 9.59 Å². The van der Waals surface area contributed by atoms with Crippen LogP contribution < -0.4 is 5.32 Å². The number of hydrogen-bond acceptors (Lipinski definition) is 4. The molecule has 4 atom stereocenters. The molecule has 1 heterocycles. The number of ketones is 1. The fourth-order valence-corrected chi connectivity index (χ4v) is 4.61. The van der Waals surface area contributed by atoms with Gasteiger partial charge in [0.2, 0.25) is 0 Å². The van der Waals surface area contributed by atoms with E-state index in [1.807, 2.05) is 20.8 Å². The standard InChI is InChI=1S/C17H24N4O2/c1-17(2,3)12(22)8-21-7-11(19-20-21)16(23)18-15-13-9-4-5-10(6-9)14(13)15/h7,9-10,13-15H,4-6,8H2,1-3H3,(H,18,23)/t9-,10-,13+,14+/m0/s1. The molecule has 124 valence electrons. The summed E-state index contributed by atoms with van der Waals surface area (Å²) in [5.41, 5.74) is -0.108. The zero-order chi connectivity index (χ0) is 16.4. The van der Waals surface area contributed by atoms with Crippen molar-refractivity contribution in [2.75, 3.05) is 0 Å². The number of nitrogens with one attached hydrogen (secondary N) is 1. The zero-order valence-electron chi connectivity index (χ0n) is 14.0. The molecule has 1 amide bonds. The predicted molar refractivity (Wildman–Crippen MR) is 83.5 cm³/mol. The van der Waals surface area contributed by atoms with Gasteiger partial charge < -0.3 is 5.32 Å². The van der Waals surface area contributed by atoms with Crippen molar-refractivity contribution in [3.8, 4) is 0 Å². The first-order valence-corrected chi connectivity index (χ1v) is 8.59. The number of carbonyl (C=O) groups excluding carboxylic acids is 2. The second kappa shape index (κ2) is 4.89. The number of nitrogens with zero attached hydrogens (tertiary/aromatic N) is 3. The molecule has 0 aliphatic heterocycles. The molecule has 3 aliphatic rings. The van der Waals surface area contributed by atoms with Crippen molar-refractivity contribution in [3.63, 3.8) is 0 Å². The molecule has 1 aromatic heterocycles. The number of hydrogen-bond donors (Lipinski definition) is 1. The fraction of sp³-hybridized carbons (Fsp3) is 0.765. The van der Waals surface area contributed by atoms with Gasteiger partial charge in [-0.2, -0.15) is 0 Å². The van der Waals surface area contributed by atoms with Crippen LogP contribution in [0.4, 0.5) is 0 Å². The van der Waals surface area contributed by atoms with Gasteiger partial charge in [-0.1, -0.05) is 26.0 Å². The average molecular weight is 316 g/mol. The summed E-state index contributed by atoms with van der Waals surface area (Å²) in [5.74, 6) is 2.98. The smallest absolute Gasteiger partial charge is 0.273 e. The van der Waals surface area contributed by atoms with Gasteiger partial charge in [-0.05, 0) is 42.9 Å². The Labute approximate surface area is 136 Å². The van der Waals surface area contributed by atoms with Crippen LogP contribution in [-0.4, -0.2) is 32.7 Å². The maximum Gasteiger partial charge on any atom is 0.273 e. The van der Waals surface area contributed by atoms with Crippen LogP contribution in [0, 0.1) is 29.1 Å². The van der Waals surface area contributed by atoms with E-state index < -0.39 is 5.41 Å². The summed E-state index contributed by atoms with van der Waals surface area (Å²) >= 11 is 0. The van der Waals surface area contributed by atoms with Crippen LogP contribution in [0.3, 0.4) is 0 Å². The monoisotopic (exact) mass is 316 g/mol. The number of carbonyl (C=O) groups is 2. The summed E-state index contributed by atoms with van der Waals surface area (Å²) in [6.07, 6.45) is 5.62. The quantitative estimate of drug-likeness (QED) is 0.916. The fourth-order valence-electron chi connectivity index (χ4n) is 4.61. The maximum atomic E-state index is 12.3. The molecule has 1 aromatic rings. The number of fused-ring (bicyclic) bond motifs is 5. The topological polar surface area (TPSA) is 76.9 Å². The molecule has 0 spiro atoms. The van der Waals surface area contributed by atoms with Crippen molar-refractivity contribution >= 4 is 11.7 Å². The minimum atomic E-state index is -0.418. The van der Waals surface area contributed by atoms with Crippen molar-refractivity contribution in [3.05, 3.63) is 11.9 Å². The van der Waals surface area contributed by atoms with Crippen molar-refractivity contribution < 1.29 is 9.59 Å². The van der Waals surface area contributed by atoms with Crippen molar-refractivity contribution in [2.24, 2.45) is 29.1 Å². The minimum absolute atomic E-state index is 0.0719. The van der Waals surface area contributed by atoms with Crippen LogP contribution in [-0.2, 0) is 11.3 Å². The first kappa shape index (κ1) is 14.8. The van der Waals surface area contributed by atoms with Gasteiger partial charge in [-0.3, -0.25) is 9.59 Å². The molecule has 6 heteroatoms. The van der Waals surface area contributed by atoms with Crippen LogP contribution >= 0.6 is 0 Å². The molecule has 23 heavy (non-hydrogen) atoms. The van der Waals surface area contributed by atoms with Gasteiger partial charge in [0.15, 0.2) is 11.5 Å². The van der Waals surface area contributed by atoms with E-state index >= 15 is 0 Å². The van der Waals surface area contributed by atoms with Gasteiger partial charge in [0.1, 0.15) is 6.54 Å². The molecule has 2 bridgehead atoms. The molecule has 0 radical (unpaired) electrons. The number of amides is 1. The molecule has 0 unspecified atom stereocenters. The average Bonchev–Trinajstić information content (AvgIpc) is 2.91. The lowest BCUT2D eigenvalue weighted by atomic mass is 9.91. The van der Waals surface area contributed by atoms with Gasteiger partial charge >= 0.3 is 0 Å². The Bertz CT molecular complexity index is 644. The molecule has 3 saturated carbocycles. The predicted octanol–water partition coefficient (Wildman–Crippen LogP) is 1.67. The van der Waals surface area contributed by atoms with E-state index in [4.69, 9.17) is 0 Å². The van der Waals surface area contributed by atoms with Crippen molar-refractivity contribution in [1.82, 2.24) is 20.3 Å². The first-order chi connectivity index (χ1) is 10.8. The number of rotatable bonds is 4. The normalized spacial score (nSPS) is 34.3. The van der Waals surface area contributed by atoms with E-state index in [1.54, 1.807) is 6.20 Å².